The van der Waals surface area contributed by atoms with Crippen molar-refractivity contribution in [3.05, 3.63) is 71.1 Å². The van der Waals surface area contributed by atoms with Crippen LogP contribution in [0.4, 0.5) is 13.2 Å². The van der Waals surface area contributed by atoms with Gasteiger partial charge in [0.05, 0.1) is 0 Å². The topological polar surface area (TPSA) is 66.9 Å². The average Bonchev–Trinajstić information content (AvgIpc) is 2.72. The molecule has 6 nitrogen and oxygen atoms in total. The Morgan fingerprint density at radius 1 is 0.933 bits per heavy atom. The molecule has 0 radical (unpaired) electrons. The first-order valence-corrected chi connectivity index (χ1v) is 10.5. The van der Waals surface area contributed by atoms with Gasteiger partial charge in [0.2, 0.25) is 10.0 Å². The summed E-state index contributed by atoms with van der Waals surface area (Å²) in [5.41, 5.74) is 0.956. The molecule has 2 aromatic carbocycles. The number of halogens is 3. The highest BCUT2D eigenvalue weighted by atomic mass is 32.2. The molecule has 0 spiro atoms. The van der Waals surface area contributed by atoms with Gasteiger partial charge in [-0.2, -0.15) is 4.31 Å². The molecule has 2 aromatic rings. The third-order valence-corrected chi connectivity index (χ3v) is 6.02. The van der Waals surface area contributed by atoms with Crippen LogP contribution in [0.15, 0.2) is 60.0 Å². The van der Waals surface area contributed by atoms with Gasteiger partial charge in [-0.15, -0.1) is 13.2 Å². The number of carbonyl (C=O) groups excluding carboxylic acids is 1. The van der Waals surface area contributed by atoms with Gasteiger partial charge >= 0.3 is 6.36 Å². The van der Waals surface area contributed by atoms with Gasteiger partial charge in [0.1, 0.15) is 5.75 Å². The van der Waals surface area contributed by atoms with Gasteiger partial charge in [-0.25, -0.2) is 8.42 Å². The summed E-state index contributed by atoms with van der Waals surface area (Å²) in [5.74, 6) is -0.800. The summed E-state index contributed by atoms with van der Waals surface area (Å²) >= 11 is 0. The van der Waals surface area contributed by atoms with Crippen LogP contribution in [0.3, 0.4) is 0 Å². The number of alkyl halides is 3. The fourth-order valence-electron chi connectivity index (χ4n) is 2.94. The number of carbonyl (C=O) groups is 1. The monoisotopic (exact) mass is 440 g/mol. The van der Waals surface area contributed by atoms with Crippen molar-refractivity contribution in [3.8, 4) is 5.75 Å². The molecule has 0 atom stereocenters. The van der Waals surface area contributed by atoms with Crippen molar-refractivity contribution < 1.29 is 31.1 Å². The number of hydrogen-bond donors (Lipinski definition) is 0. The van der Waals surface area contributed by atoms with E-state index >= 15 is 0 Å². The molecule has 0 bridgehead atoms. The van der Waals surface area contributed by atoms with Gasteiger partial charge in [-0.05, 0) is 35.9 Å². The predicted molar refractivity (Wildman–Crippen MR) is 105 cm³/mol. The van der Waals surface area contributed by atoms with Gasteiger partial charge in [0, 0.05) is 37.2 Å². The van der Waals surface area contributed by atoms with Crippen molar-refractivity contribution in [3.63, 3.8) is 0 Å². The van der Waals surface area contributed by atoms with Crippen LogP contribution in [0.25, 0.3) is 6.08 Å². The second-order valence-corrected chi connectivity index (χ2v) is 8.34. The standard InChI is InChI=1S/C20H19F3N2O4S/c21-20(22,23)29-18-8-6-17(7-9-18)19(26)24-11-13-25(14-12-24)30(27,28)15-10-16-4-2-1-3-5-16/h1-10,15H,11-14H2/b15-10+. The highest BCUT2D eigenvalue weighted by Gasteiger charge is 2.31. The number of benzene rings is 2. The molecule has 1 saturated heterocycles. The summed E-state index contributed by atoms with van der Waals surface area (Å²) in [5, 5.41) is 1.14. The van der Waals surface area contributed by atoms with Crippen LogP contribution in [0.5, 0.6) is 5.75 Å². The van der Waals surface area contributed by atoms with E-state index in [0.717, 1.165) is 23.1 Å². The fraction of sp³-hybridized carbons (Fsp3) is 0.250. The number of sulfonamides is 1. The van der Waals surface area contributed by atoms with E-state index in [9.17, 15) is 26.4 Å². The fourth-order valence-corrected chi connectivity index (χ4v) is 4.12. The molecule has 1 aliphatic rings. The highest BCUT2D eigenvalue weighted by molar-refractivity contribution is 7.92. The van der Waals surface area contributed by atoms with Crippen molar-refractivity contribution in [1.29, 1.82) is 0 Å². The molecule has 1 amide bonds. The summed E-state index contributed by atoms with van der Waals surface area (Å²) in [7, 11) is -3.63. The Kier molecular flexibility index (Phi) is 6.47. The van der Waals surface area contributed by atoms with Crippen molar-refractivity contribution in [2.24, 2.45) is 0 Å². The molecule has 10 heteroatoms. The van der Waals surface area contributed by atoms with E-state index < -0.39 is 22.1 Å². The van der Waals surface area contributed by atoms with Crippen LogP contribution in [-0.4, -0.2) is 56.1 Å². The normalized spacial score (nSPS) is 16.0. The summed E-state index contributed by atoms with van der Waals surface area (Å²) in [6, 6.07) is 13.6. The van der Waals surface area contributed by atoms with Gasteiger partial charge in [0.25, 0.3) is 5.91 Å². The van der Waals surface area contributed by atoms with E-state index in [4.69, 9.17) is 0 Å². The Balaban J connectivity index is 1.58. The third-order valence-electron chi connectivity index (χ3n) is 4.45. The van der Waals surface area contributed by atoms with E-state index in [1.807, 2.05) is 6.07 Å². The molecule has 0 unspecified atom stereocenters. The van der Waals surface area contributed by atoms with Crippen molar-refractivity contribution in [2.75, 3.05) is 26.2 Å². The molecular weight excluding hydrogens is 421 g/mol. The van der Waals surface area contributed by atoms with Crippen molar-refractivity contribution >= 4 is 22.0 Å². The lowest BCUT2D eigenvalue weighted by molar-refractivity contribution is -0.274. The summed E-state index contributed by atoms with van der Waals surface area (Å²) in [6.07, 6.45) is -3.29. The van der Waals surface area contributed by atoms with Gasteiger partial charge in [-0.3, -0.25) is 4.79 Å². The Bertz CT molecular complexity index is 999. The van der Waals surface area contributed by atoms with E-state index in [1.165, 1.54) is 27.4 Å². The first-order chi connectivity index (χ1) is 14.1. The molecule has 0 N–H and O–H groups in total. The maximum absolute atomic E-state index is 12.5. The van der Waals surface area contributed by atoms with Crippen LogP contribution < -0.4 is 4.74 Å². The molecule has 30 heavy (non-hydrogen) atoms. The SMILES string of the molecule is O=C(c1ccc(OC(F)(F)F)cc1)N1CCN(S(=O)(=O)/C=C/c2ccccc2)CC1. The number of ether oxygens (including phenoxy) is 1. The van der Waals surface area contributed by atoms with E-state index in [0.29, 0.717) is 0 Å². The average molecular weight is 440 g/mol. The minimum atomic E-state index is -4.80. The second-order valence-electron chi connectivity index (χ2n) is 6.52. The summed E-state index contributed by atoms with van der Waals surface area (Å²) < 4.78 is 66.7. The lowest BCUT2D eigenvalue weighted by atomic mass is 10.2. The van der Waals surface area contributed by atoms with Crippen LogP contribution in [0, 0.1) is 0 Å². The number of rotatable bonds is 5. The maximum atomic E-state index is 12.5. The number of hydrogen-bond acceptors (Lipinski definition) is 4. The zero-order chi connectivity index (χ0) is 21.8. The zero-order valence-electron chi connectivity index (χ0n) is 15.7. The molecule has 0 aliphatic carbocycles. The van der Waals surface area contributed by atoms with Gasteiger partial charge < -0.3 is 9.64 Å². The first kappa shape index (κ1) is 21.8. The molecule has 0 aromatic heterocycles. The van der Waals surface area contributed by atoms with E-state index in [2.05, 4.69) is 4.74 Å². The molecule has 3 rings (SSSR count). The quantitative estimate of drug-likeness (QED) is 0.715. The van der Waals surface area contributed by atoms with Gasteiger partial charge in [0.15, 0.2) is 0 Å². The molecule has 0 saturated carbocycles. The summed E-state index contributed by atoms with van der Waals surface area (Å²) in [4.78, 5) is 14.0. The Hall–Kier alpha value is -2.85. The lowest BCUT2D eigenvalue weighted by Gasteiger charge is -2.33. The van der Waals surface area contributed by atoms with E-state index in [1.54, 1.807) is 24.3 Å². The van der Waals surface area contributed by atoms with Crippen LogP contribution in [-0.2, 0) is 10.0 Å². The third kappa shape index (κ3) is 5.83. The largest absolute Gasteiger partial charge is 0.573 e. The molecule has 1 fully saturated rings. The number of piperazine rings is 1. The molecule has 1 aliphatic heterocycles. The smallest absolute Gasteiger partial charge is 0.406 e. The lowest BCUT2D eigenvalue weighted by Crippen LogP contribution is -2.50. The van der Waals surface area contributed by atoms with Crippen LogP contribution in [0.1, 0.15) is 15.9 Å². The zero-order valence-corrected chi connectivity index (χ0v) is 16.6. The molecule has 160 valence electrons. The van der Waals surface area contributed by atoms with Crippen LogP contribution >= 0.6 is 0 Å². The first-order valence-electron chi connectivity index (χ1n) is 9.02. The Morgan fingerprint density at radius 3 is 2.10 bits per heavy atom. The summed E-state index contributed by atoms with van der Waals surface area (Å²) in [6.45, 7) is 0.612. The van der Waals surface area contributed by atoms with Gasteiger partial charge in [-0.1, -0.05) is 30.3 Å². The minimum absolute atomic E-state index is 0.127. The van der Waals surface area contributed by atoms with Crippen LogP contribution in [0.2, 0.25) is 0 Å². The maximum Gasteiger partial charge on any atom is 0.573 e. The Labute approximate surface area is 172 Å². The highest BCUT2D eigenvalue weighted by Crippen LogP contribution is 2.23. The number of nitrogens with zero attached hydrogens (tertiary/aromatic N) is 2. The van der Waals surface area contributed by atoms with E-state index in [-0.39, 0.29) is 37.6 Å². The molecular formula is C20H19F3N2O4S. The van der Waals surface area contributed by atoms with Crippen molar-refractivity contribution in [1.82, 2.24) is 9.21 Å². The minimum Gasteiger partial charge on any atom is -0.406 e. The second kappa shape index (κ2) is 8.88. The Morgan fingerprint density at radius 2 is 1.53 bits per heavy atom. The number of amides is 1. The van der Waals surface area contributed by atoms with Crippen molar-refractivity contribution in [2.45, 2.75) is 6.36 Å². The molecule has 1 heterocycles. The predicted octanol–water partition coefficient (Wildman–Crippen LogP) is 3.34.